The van der Waals surface area contributed by atoms with E-state index < -0.39 is 12.1 Å². The number of rotatable bonds is 6. The zero-order valence-electron chi connectivity index (χ0n) is 15.2. The standard InChI is InChI=1S/C19H23NO4S/c1-11-8-13(3)16(9-12(11)2)18(22)15(5)24-17(21)6-7-20-14(4)10-25-19(20)23/h8-10,15H,6-7H2,1-5H3/t15-/m1/s1. The fourth-order valence-corrected chi connectivity index (χ4v) is 3.39. The van der Waals surface area contributed by atoms with E-state index in [4.69, 9.17) is 4.74 Å². The molecule has 0 aliphatic rings. The maximum atomic E-state index is 12.6. The number of ether oxygens (including phenoxy) is 1. The Morgan fingerprint density at radius 1 is 1.12 bits per heavy atom. The van der Waals surface area contributed by atoms with Gasteiger partial charge >= 0.3 is 10.8 Å². The lowest BCUT2D eigenvalue weighted by molar-refractivity contribution is -0.146. The summed E-state index contributed by atoms with van der Waals surface area (Å²) in [6, 6.07) is 3.80. The Bertz CT molecular complexity index is 863. The minimum atomic E-state index is -0.853. The molecule has 6 heteroatoms. The highest BCUT2D eigenvalue weighted by molar-refractivity contribution is 7.07. The van der Waals surface area contributed by atoms with Crippen LogP contribution in [-0.2, 0) is 16.1 Å². The van der Waals surface area contributed by atoms with Crippen molar-refractivity contribution < 1.29 is 14.3 Å². The van der Waals surface area contributed by atoms with E-state index in [1.807, 2.05) is 39.8 Å². The summed E-state index contributed by atoms with van der Waals surface area (Å²) >= 11 is 1.10. The van der Waals surface area contributed by atoms with Gasteiger partial charge in [0.05, 0.1) is 6.42 Å². The minimum absolute atomic E-state index is 0.0566. The summed E-state index contributed by atoms with van der Waals surface area (Å²) in [5.74, 6) is -0.697. The van der Waals surface area contributed by atoms with Crippen LogP contribution in [0.2, 0.25) is 0 Å². The van der Waals surface area contributed by atoms with Crippen molar-refractivity contribution in [2.45, 2.75) is 53.7 Å². The van der Waals surface area contributed by atoms with Crippen LogP contribution >= 0.6 is 11.3 Å². The molecule has 1 aromatic carbocycles. The highest BCUT2D eigenvalue weighted by atomic mass is 32.1. The summed E-state index contributed by atoms with van der Waals surface area (Å²) in [6.07, 6.45) is -0.797. The second-order valence-electron chi connectivity index (χ2n) is 6.29. The Morgan fingerprint density at radius 3 is 2.36 bits per heavy atom. The monoisotopic (exact) mass is 361 g/mol. The maximum absolute atomic E-state index is 12.6. The molecule has 0 spiro atoms. The first-order valence-corrected chi connectivity index (χ1v) is 9.05. The first kappa shape index (κ1) is 19.1. The minimum Gasteiger partial charge on any atom is -0.454 e. The van der Waals surface area contributed by atoms with Crippen LogP contribution in [0.3, 0.4) is 0 Å². The molecule has 0 aliphatic heterocycles. The van der Waals surface area contributed by atoms with E-state index in [0.717, 1.165) is 33.7 Å². The van der Waals surface area contributed by atoms with E-state index in [-0.39, 0.29) is 23.6 Å². The number of aryl methyl sites for hydroxylation is 4. The summed E-state index contributed by atoms with van der Waals surface area (Å²) in [4.78, 5) is 36.1. The molecule has 25 heavy (non-hydrogen) atoms. The van der Waals surface area contributed by atoms with Gasteiger partial charge in [0, 0.05) is 23.2 Å². The number of nitrogens with zero attached hydrogens (tertiary/aromatic N) is 1. The van der Waals surface area contributed by atoms with Crippen molar-refractivity contribution in [2.24, 2.45) is 0 Å². The van der Waals surface area contributed by atoms with E-state index in [9.17, 15) is 14.4 Å². The van der Waals surface area contributed by atoms with Gasteiger partial charge in [-0.2, -0.15) is 0 Å². The molecule has 0 aliphatic carbocycles. The Hall–Kier alpha value is -2.21. The first-order chi connectivity index (χ1) is 11.7. The van der Waals surface area contributed by atoms with Crippen LogP contribution in [-0.4, -0.2) is 22.4 Å². The highest BCUT2D eigenvalue weighted by Crippen LogP contribution is 2.18. The third-order valence-electron chi connectivity index (χ3n) is 4.30. The largest absolute Gasteiger partial charge is 0.454 e. The lowest BCUT2D eigenvalue weighted by Crippen LogP contribution is -2.26. The number of carbonyl (C=O) groups excluding carboxylic acids is 2. The molecule has 5 nitrogen and oxygen atoms in total. The van der Waals surface area contributed by atoms with Crippen molar-refractivity contribution >= 4 is 23.1 Å². The van der Waals surface area contributed by atoms with Gasteiger partial charge < -0.3 is 9.30 Å². The molecular weight excluding hydrogens is 338 g/mol. The van der Waals surface area contributed by atoms with Crippen LogP contribution in [0.1, 0.15) is 46.1 Å². The Morgan fingerprint density at radius 2 is 1.76 bits per heavy atom. The average Bonchev–Trinajstić information content (AvgIpc) is 2.86. The summed E-state index contributed by atoms with van der Waals surface area (Å²) in [7, 11) is 0. The number of benzene rings is 1. The SMILES string of the molecule is Cc1cc(C)c(C(=O)[C@@H](C)OC(=O)CCn2c(C)csc2=O)cc1C. The molecule has 2 rings (SSSR count). The predicted molar refractivity (Wildman–Crippen MR) is 98.5 cm³/mol. The smallest absolute Gasteiger partial charge is 0.308 e. The van der Waals surface area contributed by atoms with Crippen LogP contribution in [0.4, 0.5) is 0 Å². The lowest BCUT2D eigenvalue weighted by Gasteiger charge is -2.15. The number of esters is 1. The second kappa shape index (κ2) is 7.78. The Balaban J connectivity index is 2.00. The molecule has 0 saturated heterocycles. The van der Waals surface area contributed by atoms with Crippen molar-refractivity contribution in [3.8, 4) is 0 Å². The van der Waals surface area contributed by atoms with Crippen LogP contribution in [0.15, 0.2) is 22.3 Å². The van der Waals surface area contributed by atoms with Crippen molar-refractivity contribution in [1.82, 2.24) is 4.57 Å². The van der Waals surface area contributed by atoms with Crippen molar-refractivity contribution in [1.29, 1.82) is 0 Å². The number of hydrogen-bond acceptors (Lipinski definition) is 5. The molecule has 0 N–H and O–H groups in total. The van der Waals surface area contributed by atoms with E-state index in [1.165, 1.54) is 4.57 Å². The molecule has 1 aromatic heterocycles. The molecule has 2 aromatic rings. The number of ketones is 1. The fourth-order valence-electron chi connectivity index (χ4n) is 2.63. The van der Waals surface area contributed by atoms with Gasteiger partial charge in [-0.3, -0.25) is 14.4 Å². The van der Waals surface area contributed by atoms with E-state index in [0.29, 0.717) is 5.56 Å². The molecule has 0 saturated carbocycles. The van der Waals surface area contributed by atoms with Gasteiger partial charge in [-0.25, -0.2) is 0 Å². The van der Waals surface area contributed by atoms with E-state index in [1.54, 1.807) is 12.3 Å². The molecule has 0 unspecified atom stereocenters. The molecule has 1 atom stereocenters. The van der Waals surface area contributed by atoms with Gasteiger partial charge in [0.25, 0.3) is 0 Å². The van der Waals surface area contributed by atoms with E-state index >= 15 is 0 Å². The molecule has 0 fully saturated rings. The zero-order chi connectivity index (χ0) is 18.7. The molecular formula is C19H23NO4S. The second-order valence-corrected chi connectivity index (χ2v) is 7.11. The molecule has 0 bridgehead atoms. The fraction of sp³-hybridized carbons (Fsp3) is 0.421. The van der Waals surface area contributed by atoms with Gasteiger partial charge in [-0.1, -0.05) is 17.4 Å². The summed E-state index contributed by atoms with van der Waals surface area (Å²) in [6.45, 7) is 9.48. The summed E-state index contributed by atoms with van der Waals surface area (Å²) < 4.78 is 6.80. The van der Waals surface area contributed by atoms with Gasteiger partial charge in [0.2, 0.25) is 5.78 Å². The lowest BCUT2D eigenvalue weighted by atomic mass is 9.96. The molecule has 134 valence electrons. The van der Waals surface area contributed by atoms with Gasteiger partial charge in [0.15, 0.2) is 6.10 Å². The molecule has 0 radical (unpaired) electrons. The third kappa shape index (κ3) is 4.45. The molecule has 1 heterocycles. The van der Waals surface area contributed by atoms with E-state index in [2.05, 4.69) is 0 Å². The topological polar surface area (TPSA) is 65.4 Å². The van der Waals surface area contributed by atoms with Crippen LogP contribution in [0.5, 0.6) is 0 Å². The van der Waals surface area contributed by atoms with Gasteiger partial charge in [-0.05, 0) is 57.4 Å². The number of Topliss-reactive ketones (excluding diaryl/α,β-unsaturated/α-hetero) is 1. The van der Waals surface area contributed by atoms with Gasteiger partial charge in [0.1, 0.15) is 0 Å². The highest BCUT2D eigenvalue weighted by Gasteiger charge is 2.21. The Kier molecular flexibility index (Phi) is 5.95. The zero-order valence-corrected chi connectivity index (χ0v) is 16.0. The number of carbonyl (C=O) groups is 2. The van der Waals surface area contributed by atoms with Crippen molar-refractivity contribution in [3.63, 3.8) is 0 Å². The van der Waals surface area contributed by atoms with Crippen molar-refractivity contribution in [2.75, 3.05) is 0 Å². The average molecular weight is 361 g/mol. The number of thiazole rings is 1. The predicted octanol–water partition coefficient (Wildman–Crippen LogP) is 3.35. The molecule has 0 amide bonds. The van der Waals surface area contributed by atoms with Crippen molar-refractivity contribution in [3.05, 3.63) is 55.1 Å². The summed E-state index contributed by atoms with van der Waals surface area (Å²) in [5.41, 5.74) is 4.41. The summed E-state index contributed by atoms with van der Waals surface area (Å²) in [5, 5.41) is 1.75. The van der Waals surface area contributed by atoms with Crippen LogP contribution in [0, 0.1) is 27.7 Å². The van der Waals surface area contributed by atoms with Crippen LogP contribution < -0.4 is 4.87 Å². The Labute approximate surface area is 151 Å². The number of hydrogen-bond donors (Lipinski definition) is 0. The third-order valence-corrected chi connectivity index (χ3v) is 5.18. The van der Waals surface area contributed by atoms with Crippen LogP contribution in [0.25, 0.3) is 0 Å². The van der Waals surface area contributed by atoms with Gasteiger partial charge in [-0.15, -0.1) is 0 Å². The normalized spacial score (nSPS) is 12.0. The quantitative estimate of drug-likeness (QED) is 0.585. The first-order valence-electron chi connectivity index (χ1n) is 8.17. The maximum Gasteiger partial charge on any atom is 0.308 e. The number of aromatic nitrogens is 1.